The lowest BCUT2D eigenvalue weighted by Crippen LogP contribution is -2.22. The molecule has 1 N–H and O–H groups in total. The van der Waals surface area contributed by atoms with E-state index in [2.05, 4.69) is 5.32 Å². The van der Waals surface area contributed by atoms with Gasteiger partial charge in [-0.2, -0.15) is 0 Å². The Kier molecular flexibility index (Phi) is 6.48. The third-order valence-corrected chi connectivity index (χ3v) is 5.64. The fraction of sp³-hybridized carbons (Fsp3) is 0.600. The van der Waals surface area contributed by atoms with Crippen LogP contribution in [0.15, 0.2) is 18.2 Å². The lowest BCUT2D eigenvalue weighted by Gasteiger charge is -2.15. The molecule has 0 aromatic heterocycles. The van der Waals surface area contributed by atoms with E-state index in [1.807, 2.05) is 32.2 Å². The molecule has 0 aliphatic rings. The maximum atomic E-state index is 11.7. The van der Waals surface area contributed by atoms with E-state index in [9.17, 15) is 8.42 Å². The Morgan fingerprint density at radius 1 is 1.19 bits per heavy atom. The van der Waals surface area contributed by atoms with Crippen LogP contribution in [0, 0.1) is 0 Å². The molecule has 0 fully saturated rings. The molecule has 0 saturated heterocycles. The van der Waals surface area contributed by atoms with Crippen molar-refractivity contribution in [3.8, 4) is 11.5 Å². The van der Waals surface area contributed by atoms with Gasteiger partial charge in [0.05, 0.1) is 18.1 Å². The summed E-state index contributed by atoms with van der Waals surface area (Å²) in [7, 11) is 0.368. The molecule has 1 aromatic rings. The van der Waals surface area contributed by atoms with Crippen molar-refractivity contribution in [3.05, 3.63) is 23.8 Å². The average molecular weight is 315 g/mol. The molecule has 1 rings (SSSR count). The highest BCUT2D eigenvalue weighted by Gasteiger charge is 2.16. The Bertz CT molecular complexity index is 555. The van der Waals surface area contributed by atoms with Gasteiger partial charge in [0.1, 0.15) is 6.61 Å². The Hall–Kier alpha value is -1.27. The summed E-state index contributed by atoms with van der Waals surface area (Å²) in [5.41, 5.74) is 1.08. The van der Waals surface area contributed by atoms with Crippen LogP contribution in [0.4, 0.5) is 0 Å². The first-order valence-corrected chi connectivity index (χ1v) is 8.73. The fourth-order valence-corrected chi connectivity index (χ4v) is 2.53. The van der Waals surface area contributed by atoms with Crippen molar-refractivity contribution in [2.75, 3.05) is 26.5 Å². The first-order chi connectivity index (χ1) is 9.81. The van der Waals surface area contributed by atoms with Crippen LogP contribution in [0.3, 0.4) is 0 Å². The Labute approximate surface area is 127 Å². The second-order valence-electron chi connectivity index (χ2n) is 5.18. The summed E-state index contributed by atoms with van der Waals surface area (Å²) in [5.74, 6) is 1.17. The molecule has 0 aliphatic carbocycles. The highest BCUT2D eigenvalue weighted by Crippen LogP contribution is 2.30. The maximum absolute atomic E-state index is 11.7. The third kappa shape index (κ3) is 4.89. The van der Waals surface area contributed by atoms with Gasteiger partial charge in [-0.05, 0) is 45.5 Å². The van der Waals surface area contributed by atoms with E-state index in [0.717, 1.165) is 5.56 Å². The molecule has 0 heterocycles. The SMILES string of the molecule is CNC(C)c1ccc(OCCS(=O)(=O)C(C)C)c(OC)c1. The first-order valence-electron chi connectivity index (χ1n) is 7.01. The van der Waals surface area contributed by atoms with Gasteiger partial charge in [-0.1, -0.05) is 6.07 Å². The molecule has 0 bridgehead atoms. The lowest BCUT2D eigenvalue weighted by molar-refractivity contribution is 0.311. The molecular formula is C15H25NO4S. The van der Waals surface area contributed by atoms with Gasteiger partial charge in [-0.25, -0.2) is 8.42 Å². The molecule has 0 aliphatic heterocycles. The van der Waals surface area contributed by atoms with E-state index in [-0.39, 0.29) is 23.7 Å². The predicted octanol–water partition coefficient (Wildman–Crippen LogP) is 2.18. The summed E-state index contributed by atoms with van der Waals surface area (Å²) in [5, 5.41) is 2.76. The van der Waals surface area contributed by atoms with Gasteiger partial charge in [-0.3, -0.25) is 0 Å². The fourth-order valence-electron chi connectivity index (χ4n) is 1.74. The highest BCUT2D eigenvalue weighted by molar-refractivity contribution is 7.91. The molecule has 6 heteroatoms. The van der Waals surface area contributed by atoms with Crippen molar-refractivity contribution >= 4 is 9.84 Å². The van der Waals surface area contributed by atoms with Crippen LogP contribution in [0.2, 0.25) is 0 Å². The molecule has 1 atom stereocenters. The largest absolute Gasteiger partial charge is 0.493 e. The second kappa shape index (κ2) is 7.66. The van der Waals surface area contributed by atoms with Crippen molar-refractivity contribution in [3.63, 3.8) is 0 Å². The highest BCUT2D eigenvalue weighted by atomic mass is 32.2. The minimum atomic E-state index is -3.09. The molecule has 0 radical (unpaired) electrons. The van der Waals surface area contributed by atoms with E-state index in [0.29, 0.717) is 11.5 Å². The Morgan fingerprint density at radius 3 is 2.38 bits per heavy atom. The molecule has 1 unspecified atom stereocenters. The molecule has 120 valence electrons. The smallest absolute Gasteiger partial charge is 0.161 e. The number of benzene rings is 1. The van der Waals surface area contributed by atoms with Crippen molar-refractivity contribution in [1.82, 2.24) is 5.32 Å². The second-order valence-corrected chi connectivity index (χ2v) is 7.86. The quantitative estimate of drug-likeness (QED) is 0.796. The van der Waals surface area contributed by atoms with Crippen molar-refractivity contribution in [2.24, 2.45) is 0 Å². The topological polar surface area (TPSA) is 64.6 Å². The Morgan fingerprint density at radius 2 is 1.86 bits per heavy atom. The van der Waals surface area contributed by atoms with Crippen LogP contribution in [-0.4, -0.2) is 40.2 Å². The predicted molar refractivity (Wildman–Crippen MR) is 84.9 cm³/mol. The molecule has 0 saturated carbocycles. The van der Waals surface area contributed by atoms with Crippen molar-refractivity contribution in [2.45, 2.75) is 32.1 Å². The number of sulfone groups is 1. The summed E-state index contributed by atoms with van der Waals surface area (Å²) in [4.78, 5) is 0. The minimum Gasteiger partial charge on any atom is -0.493 e. The van der Waals surface area contributed by atoms with E-state index >= 15 is 0 Å². The van der Waals surface area contributed by atoms with Crippen LogP contribution < -0.4 is 14.8 Å². The number of rotatable bonds is 8. The van der Waals surface area contributed by atoms with E-state index in [4.69, 9.17) is 9.47 Å². The first kappa shape index (κ1) is 17.8. The summed E-state index contributed by atoms with van der Waals surface area (Å²) in [6.07, 6.45) is 0. The number of nitrogens with one attached hydrogen (secondary N) is 1. The Balaban J connectivity index is 2.76. The minimum absolute atomic E-state index is 0.00247. The summed E-state index contributed by atoms with van der Waals surface area (Å²) in [6.45, 7) is 5.51. The zero-order chi connectivity index (χ0) is 16.0. The molecular weight excluding hydrogens is 290 g/mol. The zero-order valence-corrected chi connectivity index (χ0v) is 14.2. The summed E-state index contributed by atoms with van der Waals surface area (Å²) in [6, 6.07) is 5.85. The molecule has 5 nitrogen and oxygen atoms in total. The van der Waals surface area contributed by atoms with Crippen LogP contribution in [-0.2, 0) is 9.84 Å². The number of hydrogen-bond donors (Lipinski definition) is 1. The molecule has 0 amide bonds. The third-order valence-electron chi connectivity index (χ3n) is 3.46. The van der Waals surface area contributed by atoms with Crippen molar-refractivity contribution < 1.29 is 17.9 Å². The lowest BCUT2D eigenvalue weighted by atomic mass is 10.1. The van der Waals surface area contributed by atoms with Crippen LogP contribution in [0.5, 0.6) is 11.5 Å². The average Bonchev–Trinajstić information content (AvgIpc) is 2.46. The number of hydrogen-bond acceptors (Lipinski definition) is 5. The van der Waals surface area contributed by atoms with Gasteiger partial charge in [0.2, 0.25) is 0 Å². The molecule has 1 aromatic carbocycles. The standard InChI is InChI=1S/C15H25NO4S/c1-11(2)21(17,18)9-8-20-14-7-6-13(12(3)16-4)10-15(14)19-5/h6-7,10-12,16H,8-9H2,1-5H3. The van der Waals surface area contributed by atoms with Crippen molar-refractivity contribution in [1.29, 1.82) is 0 Å². The van der Waals surface area contributed by atoms with E-state index < -0.39 is 9.84 Å². The van der Waals surface area contributed by atoms with Gasteiger partial charge >= 0.3 is 0 Å². The molecule has 0 spiro atoms. The summed E-state index contributed by atoms with van der Waals surface area (Å²) < 4.78 is 34.3. The van der Waals surface area contributed by atoms with Crippen LogP contribution >= 0.6 is 0 Å². The normalized spacial score (nSPS) is 13.2. The van der Waals surface area contributed by atoms with E-state index in [1.54, 1.807) is 21.0 Å². The van der Waals surface area contributed by atoms with Crippen LogP contribution in [0.25, 0.3) is 0 Å². The van der Waals surface area contributed by atoms with Gasteiger partial charge < -0.3 is 14.8 Å². The maximum Gasteiger partial charge on any atom is 0.161 e. The number of methoxy groups -OCH3 is 1. The van der Waals surface area contributed by atoms with Gasteiger partial charge in [-0.15, -0.1) is 0 Å². The van der Waals surface area contributed by atoms with Gasteiger partial charge in [0, 0.05) is 6.04 Å². The van der Waals surface area contributed by atoms with Gasteiger partial charge in [0.25, 0.3) is 0 Å². The zero-order valence-electron chi connectivity index (χ0n) is 13.3. The van der Waals surface area contributed by atoms with Crippen LogP contribution in [0.1, 0.15) is 32.4 Å². The van der Waals surface area contributed by atoms with Gasteiger partial charge in [0.15, 0.2) is 21.3 Å². The number of ether oxygens (including phenoxy) is 2. The molecule has 21 heavy (non-hydrogen) atoms. The summed E-state index contributed by atoms with van der Waals surface area (Å²) >= 11 is 0. The monoisotopic (exact) mass is 315 g/mol. The van der Waals surface area contributed by atoms with E-state index in [1.165, 1.54) is 0 Å².